The van der Waals surface area contributed by atoms with Gasteiger partial charge in [0.15, 0.2) is 17.3 Å². The summed E-state index contributed by atoms with van der Waals surface area (Å²) in [6, 6.07) is 14.3. The summed E-state index contributed by atoms with van der Waals surface area (Å²) < 4.78 is 10.8. The average molecular weight is 286 g/mol. The van der Waals surface area contributed by atoms with E-state index in [1.54, 1.807) is 18.2 Å². The van der Waals surface area contributed by atoms with Crippen molar-refractivity contribution in [1.82, 2.24) is 0 Å². The Morgan fingerprint density at radius 2 is 1.86 bits per heavy atom. The molecule has 4 heteroatoms. The summed E-state index contributed by atoms with van der Waals surface area (Å²) in [5.41, 5.74) is 1.35. The minimum atomic E-state index is -0.719. The first-order valence-electron chi connectivity index (χ1n) is 6.66. The Hall–Kier alpha value is -2.33. The predicted octanol–water partition coefficient (Wildman–Crippen LogP) is 3.01. The van der Waals surface area contributed by atoms with Gasteiger partial charge in [-0.15, -0.1) is 0 Å². The molecule has 0 saturated heterocycles. The molecule has 0 radical (unpaired) electrons. The lowest BCUT2D eigenvalue weighted by atomic mass is 10.1. The van der Waals surface area contributed by atoms with E-state index in [1.807, 2.05) is 30.3 Å². The summed E-state index contributed by atoms with van der Waals surface area (Å²) in [5.74, 6) is 0.935. The Labute approximate surface area is 123 Å². The third-order valence-corrected chi connectivity index (χ3v) is 3.15. The number of carbonyl (C=O) groups excluding carboxylic acids is 1. The Kier molecular flexibility index (Phi) is 4.95. The number of ketones is 1. The maximum absolute atomic E-state index is 11.3. The number of aliphatic hydroxyl groups is 1. The second-order valence-electron chi connectivity index (χ2n) is 4.66. The molecule has 0 aliphatic heterocycles. The molecular weight excluding hydrogens is 268 g/mol. The first-order chi connectivity index (χ1) is 10.1. The van der Waals surface area contributed by atoms with Gasteiger partial charge in [0.05, 0.1) is 7.11 Å². The fourth-order valence-corrected chi connectivity index (χ4v) is 1.95. The van der Waals surface area contributed by atoms with Crippen molar-refractivity contribution >= 4 is 5.78 Å². The van der Waals surface area contributed by atoms with Gasteiger partial charge in [-0.3, -0.25) is 4.79 Å². The molecule has 2 aromatic carbocycles. The summed E-state index contributed by atoms with van der Waals surface area (Å²) >= 11 is 0. The summed E-state index contributed by atoms with van der Waals surface area (Å²) in [4.78, 5) is 11.3. The molecule has 2 aromatic rings. The molecule has 0 bridgehead atoms. The van der Waals surface area contributed by atoms with Crippen LogP contribution in [0.1, 0.15) is 28.9 Å². The van der Waals surface area contributed by atoms with Crippen molar-refractivity contribution in [2.45, 2.75) is 13.0 Å². The molecule has 1 atom stereocenters. The van der Waals surface area contributed by atoms with Crippen LogP contribution in [0.15, 0.2) is 48.5 Å². The van der Waals surface area contributed by atoms with Gasteiger partial charge in [-0.2, -0.15) is 0 Å². The van der Waals surface area contributed by atoms with E-state index >= 15 is 0 Å². The van der Waals surface area contributed by atoms with Crippen LogP contribution in [0.3, 0.4) is 0 Å². The van der Waals surface area contributed by atoms with Crippen LogP contribution in [0.4, 0.5) is 0 Å². The minimum absolute atomic E-state index is 0.0378. The molecule has 110 valence electrons. The second kappa shape index (κ2) is 6.90. The third-order valence-electron chi connectivity index (χ3n) is 3.15. The number of hydrogen-bond acceptors (Lipinski definition) is 4. The van der Waals surface area contributed by atoms with Crippen LogP contribution in [-0.2, 0) is 0 Å². The standard InChI is InChI=1S/C17H18O4/c1-12(18)14-8-9-16(17(10-14)20-2)21-11-15(19)13-6-4-3-5-7-13/h3-10,15,19H,11H2,1-2H3. The van der Waals surface area contributed by atoms with E-state index in [0.29, 0.717) is 17.1 Å². The number of carbonyl (C=O) groups is 1. The van der Waals surface area contributed by atoms with Crippen LogP contribution in [0.25, 0.3) is 0 Å². The lowest BCUT2D eigenvalue weighted by Gasteiger charge is -2.15. The highest BCUT2D eigenvalue weighted by Crippen LogP contribution is 2.29. The second-order valence-corrected chi connectivity index (χ2v) is 4.66. The molecule has 21 heavy (non-hydrogen) atoms. The Bertz CT molecular complexity index is 607. The van der Waals surface area contributed by atoms with Crippen LogP contribution < -0.4 is 9.47 Å². The van der Waals surface area contributed by atoms with Crippen LogP contribution >= 0.6 is 0 Å². The fourth-order valence-electron chi connectivity index (χ4n) is 1.95. The Morgan fingerprint density at radius 1 is 1.14 bits per heavy atom. The van der Waals surface area contributed by atoms with Gasteiger partial charge in [0.2, 0.25) is 0 Å². The molecule has 0 fully saturated rings. The third kappa shape index (κ3) is 3.83. The van der Waals surface area contributed by atoms with Gasteiger partial charge < -0.3 is 14.6 Å². The summed E-state index contributed by atoms with van der Waals surface area (Å²) in [5, 5.41) is 10.1. The summed E-state index contributed by atoms with van der Waals surface area (Å²) in [6.45, 7) is 1.61. The highest BCUT2D eigenvalue weighted by Gasteiger charge is 2.12. The zero-order valence-electron chi connectivity index (χ0n) is 12.1. The maximum atomic E-state index is 11.3. The molecule has 4 nitrogen and oxygen atoms in total. The smallest absolute Gasteiger partial charge is 0.161 e. The number of benzene rings is 2. The van der Waals surface area contributed by atoms with E-state index in [2.05, 4.69) is 0 Å². The van der Waals surface area contributed by atoms with Crippen LogP contribution in [0.5, 0.6) is 11.5 Å². The van der Waals surface area contributed by atoms with Crippen LogP contribution in [0.2, 0.25) is 0 Å². The van der Waals surface area contributed by atoms with E-state index in [9.17, 15) is 9.90 Å². The minimum Gasteiger partial charge on any atom is -0.493 e. The van der Waals surface area contributed by atoms with Gasteiger partial charge in [0.25, 0.3) is 0 Å². The fraction of sp³-hybridized carbons (Fsp3) is 0.235. The molecule has 0 aromatic heterocycles. The van der Waals surface area contributed by atoms with Crippen molar-refractivity contribution in [3.63, 3.8) is 0 Å². The number of rotatable bonds is 6. The Balaban J connectivity index is 2.08. The largest absolute Gasteiger partial charge is 0.493 e. The lowest BCUT2D eigenvalue weighted by molar-refractivity contribution is 0.101. The molecular formula is C17H18O4. The topological polar surface area (TPSA) is 55.8 Å². The van der Waals surface area contributed by atoms with Crippen LogP contribution in [-0.4, -0.2) is 24.6 Å². The van der Waals surface area contributed by atoms with E-state index in [1.165, 1.54) is 14.0 Å². The molecule has 0 aliphatic carbocycles. The van der Waals surface area contributed by atoms with Crippen molar-refractivity contribution in [3.8, 4) is 11.5 Å². The van der Waals surface area contributed by atoms with Gasteiger partial charge >= 0.3 is 0 Å². The van der Waals surface area contributed by atoms with Crippen LogP contribution in [0, 0.1) is 0 Å². The summed E-state index contributed by atoms with van der Waals surface area (Å²) in [6.07, 6.45) is -0.719. The Morgan fingerprint density at radius 3 is 2.48 bits per heavy atom. The maximum Gasteiger partial charge on any atom is 0.161 e. The highest BCUT2D eigenvalue weighted by atomic mass is 16.5. The zero-order chi connectivity index (χ0) is 15.2. The number of Topliss-reactive ketones (excluding diaryl/α,β-unsaturated/α-hetero) is 1. The molecule has 0 aliphatic rings. The number of methoxy groups -OCH3 is 1. The quantitative estimate of drug-likeness (QED) is 0.829. The van der Waals surface area contributed by atoms with Crippen molar-refractivity contribution in [2.75, 3.05) is 13.7 Å². The first-order valence-corrected chi connectivity index (χ1v) is 6.66. The van der Waals surface area contributed by atoms with E-state index in [-0.39, 0.29) is 12.4 Å². The predicted molar refractivity (Wildman–Crippen MR) is 79.9 cm³/mol. The molecule has 0 heterocycles. The summed E-state index contributed by atoms with van der Waals surface area (Å²) in [7, 11) is 1.51. The lowest BCUT2D eigenvalue weighted by Crippen LogP contribution is -2.10. The van der Waals surface area contributed by atoms with Crippen molar-refractivity contribution in [1.29, 1.82) is 0 Å². The molecule has 0 spiro atoms. The molecule has 0 saturated carbocycles. The monoisotopic (exact) mass is 286 g/mol. The van der Waals surface area contributed by atoms with Gasteiger partial charge in [-0.25, -0.2) is 0 Å². The van der Waals surface area contributed by atoms with Crippen molar-refractivity contribution in [3.05, 3.63) is 59.7 Å². The number of ether oxygens (including phenoxy) is 2. The van der Waals surface area contributed by atoms with Gasteiger partial charge in [0.1, 0.15) is 12.7 Å². The highest BCUT2D eigenvalue weighted by molar-refractivity contribution is 5.94. The van der Waals surface area contributed by atoms with E-state index in [0.717, 1.165) is 5.56 Å². The molecule has 1 N–H and O–H groups in total. The molecule has 1 unspecified atom stereocenters. The molecule has 2 rings (SSSR count). The zero-order valence-corrected chi connectivity index (χ0v) is 12.1. The normalized spacial score (nSPS) is 11.8. The van der Waals surface area contributed by atoms with Gasteiger partial charge in [-0.05, 0) is 30.7 Å². The SMILES string of the molecule is COc1cc(C(C)=O)ccc1OCC(O)c1ccccc1. The number of aliphatic hydroxyl groups excluding tert-OH is 1. The van der Waals surface area contributed by atoms with E-state index in [4.69, 9.17) is 9.47 Å². The van der Waals surface area contributed by atoms with Gasteiger partial charge in [-0.1, -0.05) is 30.3 Å². The van der Waals surface area contributed by atoms with E-state index < -0.39 is 6.10 Å². The number of hydrogen-bond donors (Lipinski definition) is 1. The first kappa shape index (κ1) is 15.1. The van der Waals surface area contributed by atoms with Crippen molar-refractivity contribution < 1.29 is 19.4 Å². The average Bonchev–Trinajstić information content (AvgIpc) is 2.53. The molecule has 0 amide bonds. The van der Waals surface area contributed by atoms with Gasteiger partial charge in [0, 0.05) is 5.56 Å². The van der Waals surface area contributed by atoms with Crippen molar-refractivity contribution in [2.24, 2.45) is 0 Å².